The van der Waals surface area contributed by atoms with Gasteiger partial charge in [-0.3, -0.25) is 5.32 Å². The molecule has 3 aromatic heterocycles. The van der Waals surface area contributed by atoms with Gasteiger partial charge in [-0.15, -0.1) is 32.9 Å². The third-order valence-electron chi connectivity index (χ3n) is 3.92. The van der Waals surface area contributed by atoms with Crippen LogP contribution >= 0.6 is 22.7 Å². The van der Waals surface area contributed by atoms with Crippen LogP contribution in [0.15, 0.2) is 69.8 Å². The number of rotatable bonds is 6. The zero-order valence-corrected chi connectivity index (χ0v) is 15.3. The number of nitrogens with zero attached hydrogens (tertiary/aromatic N) is 2. The van der Waals surface area contributed by atoms with E-state index in [1.165, 1.54) is 10.4 Å². The highest BCUT2D eigenvalue weighted by Gasteiger charge is 2.22. The zero-order valence-electron chi connectivity index (χ0n) is 13.6. The van der Waals surface area contributed by atoms with Crippen molar-refractivity contribution in [3.63, 3.8) is 0 Å². The summed E-state index contributed by atoms with van der Waals surface area (Å²) in [6.45, 7) is 2.05. The first-order valence-electron chi connectivity index (χ1n) is 8.03. The number of hydrogen-bond donors (Lipinski definition) is 1. The first-order chi connectivity index (χ1) is 12.3. The molecule has 0 radical (unpaired) electrons. The molecule has 0 aliphatic rings. The van der Waals surface area contributed by atoms with Gasteiger partial charge in [0.05, 0.1) is 17.0 Å². The minimum absolute atomic E-state index is 0.0616. The third-order valence-corrected chi connectivity index (χ3v) is 5.72. The van der Waals surface area contributed by atoms with Crippen LogP contribution in [0.5, 0.6) is 0 Å². The van der Waals surface area contributed by atoms with E-state index in [1.807, 2.05) is 23.6 Å². The highest BCUT2D eigenvalue weighted by molar-refractivity contribution is 7.13. The van der Waals surface area contributed by atoms with Gasteiger partial charge in [0.25, 0.3) is 5.89 Å². The molecule has 4 rings (SSSR count). The molecule has 0 spiro atoms. The van der Waals surface area contributed by atoms with Gasteiger partial charge in [-0.1, -0.05) is 42.5 Å². The molecular weight excluding hydrogens is 350 g/mol. The molecule has 1 aromatic carbocycles. The van der Waals surface area contributed by atoms with Gasteiger partial charge in [0.15, 0.2) is 0 Å². The van der Waals surface area contributed by atoms with E-state index in [9.17, 15) is 0 Å². The molecule has 0 aliphatic carbocycles. The largest absolute Gasteiger partial charge is 0.418 e. The molecule has 3 heterocycles. The molecule has 0 saturated carbocycles. The van der Waals surface area contributed by atoms with E-state index in [0.29, 0.717) is 11.8 Å². The van der Waals surface area contributed by atoms with Gasteiger partial charge >= 0.3 is 0 Å². The summed E-state index contributed by atoms with van der Waals surface area (Å²) in [5.74, 6) is 1.17. The summed E-state index contributed by atoms with van der Waals surface area (Å²) >= 11 is 3.33. The molecule has 25 heavy (non-hydrogen) atoms. The van der Waals surface area contributed by atoms with Crippen LogP contribution in [0.4, 0.5) is 0 Å². The smallest absolute Gasteiger partial charge is 0.257 e. The Morgan fingerprint density at radius 3 is 2.44 bits per heavy atom. The molecule has 4 aromatic rings. The van der Waals surface area contributed by atoms with Gasteiger partial charge in [0.1, 0.15) is 0 Å². The van der Waals surface area contributed by atoms with Gasteiger partial charge in [-0.25, -0.2) is 0 Å². The van der Waals surface area contributed by atoms with Gasteiger partial charge in [-0.05, 0) is 35.4 Å². The van der Waals surface area contributed by atoms with Crippen molar-refractivity contribution in [3.8, 4) is 10.8 Å². The van der Waals surface area contributed by atoms with Crippen molar-refractivity contribution >= 4 is 22.7 Å². The van der Waals surface area contributed by atoms with Gasteiger partial charge < -0.3 is 4.42 Å². The summed E-state index contributed by atoms with van der Waals surface area (Å²) < 4.78 is 5.87. The number of thiophene rings is 2. The van der Waals surface area contributed by atoms with Crippen LogP contribution in [0, 0.1) is 0 Å². The fraction of sp³-hybridized carbons (Fsp3) is 0.158. The molecule has 0 aliphatic heterocycles. The van der Waals surface area contributed by atoms with E-state index in [4.69, 9.17) is 4.42 Å². The van der Waals surface area contributed by atoms with Crippen LogP contribution in [0.2, 0.25) is 0 Å². The number of nitrogens with one attached hydrogen (secondary N) is 1. The van der Waals surface area contributed by atoms with Gasteiger partial charge in [-0.2, -0.15) is 0 Å². The van der Waals surface area contributed by atoms with Crippen LogP contribution < -0.4 is 5.32 Å². The topological polar surface area (TPSA) is 51.0 Å². The molecule has 0 bridgehead atoms. The summed E-state index contributed by atoms with van der Waals surface area (Å²) in [7, 11) is 0. The predicted octanol–water partition coefficient (Wildman–Crippen LogP) is 5.30. The molecule has 6 heteroatoms. The third kappa shape index (κ3) is 3.56. The highest BCUT2D eigenvalue weighted by Crippen LogP contribution is 2.30. The Hall–Kier alpha value is -2.28. The second kappa shape index (κ2) is 7.31. The van der Waals surface area contributed by atoms with Gasteiger partial charge in [0.2, 0.25) is 5.89 Å². The fourth-order valence-corrected chi connectivity index (χ4v) is 4.13. The predicted molar refractivity (Wildman–Crippen MR) is 102 cm³/mol. The maximum absolute atomic E-state index is 5.87. The fourth-order valence-electron chi connectivity index (χ4n) is 2.67. The summed E-state index contributed by atoms with van der Waals surface area (Å²) in [4.78, 5) is 2.25. The van der Waals surface area contributed by atoms with Crippen molar-refractivity contribution < 1.29 is 4.42 Å². The monoisotopic (exact) mass is 367 g/mol. The van der Waals surface area contributed by atoms with E-state index in [0.717, 1.165) is 4.88 Å². The van der Waals surface area contributed by atoms with Crippen LogP contribution in [0.1, 0.15) is 35.3 Å². The second-order valence-electron chi connectivity index (χ2n) is 5.67. The summed E-state index contributed by atoms with van der Waals surface area (Å²) in [5, 5.41) is 16.1. The lowest BCUT2D eigenvalue weighted by atomic mass is 10.0. The molecule has 4 nitrogen and oxygen atoms in total. The maximum atomic E-state index is 5.87. The van der Waals surface area contributed by atoms with Crippen LogP contribution in [-0.2, 0) is 0 Å². The average molecular weight is 367 g/mol. The maximum Gasteiger partial charge on any atom is 0.257 e. The molecule has 0 fully saturated rings. The van der Waals surface area contributed by atoms with Crippen molar-refractivity contribution in [2.24, 2.45) is 0 Å². The van der Waals surface area contributed by atoms with E-state index in [-0.39, 0.29) is 12.1 Å². The first kappa shape index (κ1) is 16.2. The average Bonchev–Trinajstić information content (AvgIpc) is 3.42. The molecule has 0 saturated heterocycles. The molecule has 2 atom stereocenters. The Bertz CT molecular complexity index is 901. The summed E-state index contributed by atoms with van der Waals surface area (Å²) in [6.07, 6.45) is 0. The Morgan fingerprint density at radius 2 is 1.72 bits per heavy atom. The summed E-state index contributed by atoms with van der Waals surface area (Å²) in [5.41, 5.74) is 1.22. The number of aromatic nitrogens is 2. The zero-order chi connectivity index (χ0) is 17.1. The Kier molecular flexibility index (Phi) is 4.74. The van der Waals surface area contributed by atoms with Crippen molar-refractivity contribution in [2.45, 2.75) is 19.0 Å². The van der Waals surface area contributed by atoms with E-state index < -0.39 is 0 Å². The van der Waals surface area contributed by atoms with Crippen molar-refractivity contribution in [3.05, 3.63) is 81.7 Å². The molecule has 0 unspecified atom stereocenters. The van der Waals surface area contributed by atoms with Crippen molar-refractivity contribution in [1.29, 1.82) is 0 Å². The van der Waals surface area contributed by atoms with Crippen LogP contribution in [-0.4, -0.2) is 10.2 Å². The van der Waals surface area contributed by atoms with Crippen molar-refractivity contribution in [2.75, 3.05) is 0 Å². The second-order valence-corrected chi connectivity index (χ2v) is 7.60. The van der Waals surface area contributed by atoms with Gasteiger partial charge in [0, 0.05) is 4.88 Å². The highest BCUT2D eigenvalue weighted by atomic mass is 32.1. The normalized spacial score (nSPS) is 13.6. The molecule has 1 N–H and O–H groups in total. The Balaban J connectivity index is 1.58. The number of benzene rings is 1. The molecular formula is C19H17N3OS2. The first-order valence-corrected chi connectivity index (χ1v) is 9.79. The van der Waals surface area contributed by atoms with E-state index in [1.54, 1.807) is 22.7 Å². The summed E-state index contributed by atoms with van der Waals surface area (Å²) in [6, 6.07) is 18.6. The van der Waals surface area contributed by atoms with E-state index in [2.05, 4.69) is 64.2 Å². The molecule has 0 amide bonds. The number of hydrogen-bond acceptors (Lipinski definition) is 6. The van der Waals surface area contributed by atoms with E-state index >= 15 is 0 Å². The Morgan fingerprint density at radius 1 is 0.920 bits per heavy atom. The quantitative estimate of drug-likeness (QED) is 0.502. The van der Waals surface area contributed by atoms with Crippen LogP contribution in [0.3, 0.4) is 0 Å². The minimum Gasteiger partial charge on any atom is -0.418 e. The lowest BCUT2D eigenvalue weighted by Gasteiger charge is -2.21. The lowest BCUT2D eigenvalue weighted by molar-refractivity contribution is 0.405. The minimum atomic E-state index is -0.0616. The molecule has 126 valence electrons. The standard InChI is InChI=1S/C19H17N3OS2/c1-13(18-21-22-19(23-18)16-10-6-12-25-16)20-17(15-9-5-11-24-15)14-7-3-2-4-8-14/h2-13,17,20H,1H3/t13-,17+/m0/s1. The Labute approximate surface area is 154 Å². The lowest BCUT2D eigenvalue weighted by Crippen LogP contribution is -2.25. The van der Waals surface area contributed by atoms with Crippen LogP contribution in [0.25, 0.3) is 10.8 Å². The van der Waals surface area contributed by atoms with Crippen molar-refractivity contribution in [1.82, 2.24) is 15.5 Å². The SMILES string of the molecule is C[C@H](N[C@H](c1ccccc1)c1cccs1)c1nnc(-c2cccs2)o1.